The first-order valence-corrected chi connectivity index (χ1v) is 8.69. The van der Waals surface area contributed by atoms with Crippen molar-refractivity contribution in [3.63, 3.8) is 0 Å². The molecule has 0 aliphatic heterocycles. The Labute approximate surface area is 121 Å². The molecule has 0 saturated heterocycles. The Bertz CT molecular complexity index is 224. The fourth-order valence-electron chi connectivity index (χ4n) is 3.35. The molecule has 0 atom stereocenters. The van der Waals surface area contributed by atoms with Crippen LogP contribution in [0.1, 0.15) is 86.0 Å². The van der Waals surface area contributed by atoms with Crippen molar-refractivity contribution < 1.29 is 0 Å². The highest BCUT2D eigenvalue weighted by Gasteiger charge is 2.31. The quantitative estimate of drug-likeness (QED) is 0.581. The van der Waals surface area contributed by atoms with Gasteiger partial charge in [-0.25, -0.2) is 0 Å². The zero-order chi connectivity index (χ0) is 14.3. The third-order valence-corrected chi connectivity index (χ3v) is 5.38. The summed E-state index contributed by atoms with van der Waals surface area (Å²) in [5, 5.41) is 3.79. The Balaban J connectivity index is 2.10. The number of unbranched alkanes of at least 4 members (excludes halogenated alkanes) is 1. The Morgan fingerprint density at radius 3 is 2.21 bits per heavy atom. The molecule has 0 aromatic heterocycles. The lowest BCUT2D eigenvalue weighted by Crippen LogP contribution is -2.37. The van der Waals surface area contributed by atoms with Gasteiger partial charge < -0.3 is 5.32 Å². The van der Waals surface area contributed by atoms with Gasteiger partial charge in [-0.3, -0.25) is 0 Å². The van der Waals surface area contributed by atoms with Gasteiger partial charge in [0, 0.05) is 6.04 Å². The number of nitrogens with one attached hydrogen (secondary N) is 1. The van der Waals surface area contributed by atoms with Crippen molar-refractivity contribution in [2.45, 2.75) is 92.0 Å². The predicted octanol–water partition coefficient (Wildman–Crippen LogP) is 5.40. The summed E-state index contributed by atoms with van der Waals surface area (Å²) in [6.07, 6.45) is 11.1. The third-order valence-electron chi connectivity index (χ3n) is 5.38. The van der Waals surface area contributed by atoms with Crippen molar-refractivity contribution in [1.82, 2.24) is 5.32 Å². The topological polar surface area (TPSA) is 12.0 Å². The van der Waals surface area contributed by atoms with E-state index in [2.05, 4.69) is 39.9 Å². The molecule has 1 saturated carbocycles. The SMILES string of the molecule is CCC(C)(C)C1CCC(NCCCCC(C)C)CC1. The van der Waals surface area contributed by atoms with Crippen LogP contribution in [-0.4, -0.2) is 12.6 Å². The molecule has 0 amide bonds. The maximum atomic E-state index is 3.79. The fourth-order valence-corrected chi connectivity index (χ4v) is 3.35. The van der Waals surface area contributed by atoms with Crippen LogP contribution in [0.5, 0.6) is 0 Å². The second-order valence-corrected chi connectivity index (χ2v) is 7.73. The van der Waals surface area contributed by atoms with Gasteiger partial charge in [0.1, 0.15) is 0 Å². The van der Waals surface area contributed by atoms with Gasteiger partial charge in [-0.2, -0.15) is 0 Å². The summed E-state index contributed by atoms with van der Waals surface area (Å²) in [5.74, 6) is 1.82. The Kier molecular flexibility index (Phi) is 7.42. The second kappa shape index (κ2) is 8.29. The molecule has 19 heavy (non-hydrogen) atoms. The van der Waals surface area contributed by atoms with Crippen LogP contribution in [0, 0.1) is 17.3 Å². The van der Waals surface area contributed by atoms with Crippen molar-refractivity contribution in [3.8, 4) is 0 Å². The highest BCUT2D eigenvalue weighted by Crippen LogP contribution is 2.40. The molecule has 1 fully saturated rings. The molecule has 1 heteroatoms. The number of hydrogen-bond donors (Lipinski definition) is 1. The van der Waals surface area contributed by atoms with Crippen LogP contribution >= 0.6 is 0 Å². The molecule has 114 valence electrons. The van der Waals surface area contributed by atoms with E-state index >= 15 is 0 Å². The van der Waals surface area contributed by atoms with Gasteiger partial charge in [-0.1, -0.05) is 53.9 Å². The van der Waals surface area contributed by atoms with Gasteiger partial charge >= 0.3 is 0 Å². The van der Waals surface area contributed by atoms with E-state index in [1.54, 1.807) is 0 Å². The lowest BCUT2D eigenvalue weighted by Gasteiger charge is -2.39. The third kappa shape index (κ3) is 6.29. The van der Waals surface area contributed by atoms with Gasteiger partial charge in [-0.05, 0) is 55.9 Å². The largest absolute Gasteiger partial charge is 0.314 e. The highest BCUT2D eigenvalue weighted by atomic mass is 14.9. The average Bonchev–Trinajstić information content (AvgIpc) is 2.38. The van der Waals surface area contributed by atoms with E-state index in [-0.39, 0.29) is 0 Å². The lowest BCUT2D eigenvalue weighted by atomic mass is 9.69. The summed E-state index contributed by atoms with van der Waals surface area (Å²) in [7, 11) is 0. The lowest BCUT2D eigenvalue weighted by molar-refractivity contribution is 0.137. The van der Waals surface area contributed by atoms with Crippen molar-refractivity contribution in [2.75, 3.05) is 6.54 Å². The van der Waals surface area contributed by atoms with E-state index in [0.29, 0.717) is 5.41 Å². The van der Waals surface area contributed by atoms with Crippen LogP contribution in [0.3, 0.4) is 0 Å². The van der Waals surface area contributed by atoms with E-state index in [0.717, 1.165) is 17.9 Å². The standard InChI is InChI=1S/C18H37N/c1-6-18(4,5)16-10-12-17(13-11-16)19-14-8-7-9-15(2)3/h15-17,19H,6-14H2,1-5H3. The molecule has 1 aliphatic rings. The van der Waals surface area contributed by atoms with Crippen LogP contribution < -0.4 is 5.32 Å². The summed E-state index contributed by atoms with van der Waals surface area (Å²) in [4.78, 5) is 0. The summed E-state index contributed by atoms with van der Waals surface area (Å²) in [5.41, 5.74) is 0.558. The zero-order valence-corrected chi connectivity index (χ0v) is 14.1. The number of rotatable bonds is 8. The molecule has 0 unspecified atom stereocenters. The van der Waals surface area contributed by atoms with Gasteiger partial charge in [0.2, 0.25) is 0 Å². The summed E-state index contributed by atoms with van der Waals surface area (Å²) >= 11 is 0. The van der Waals surface area contributed by atoms with Crippen LogP contribution in [0.15, 0.2) is 0 Å². The zero-order valence-electron chi connectivity index (χ0n) is 14.1. The predicted molar refractivity (Wildman–Crippen MR) is 86.5 cm³/mol. The first-order chi connectivity index (χ1) is 8.95. The van der Waals surface area contributed by atoms with Crippen molar-refractivity contribution in [2.24, 2.45) is 17.3 Å². The normalized spacial score (nSPS) is 24.9. The van der Waals surface area contributed by atoms with Crippen LogP contribution in [-0.2, 0) is 0 Å². The monoisotopic (exact) mass is 267 g/mol. The molecule has 0 heterocycles. The van der Waals surface area contributed by atoms with E-state index in [9.17, 15) is 0 Å². The van der Waals surface area contributed by atoms with E-state index in [1.807, 2.05) is 0 Å². The van der Waals surface area contributed by atoms with Gasteiger partial charge in [0.25, 0.3) is 0 Å². The van der Waals surface area contributed by atoms with Crippen LogP contribution in [0.25, 0.3) is 0 Å². The van der Waals surface area contributed by atoms with Gasteiger partial charge in [0.15, 0.2) is 0 Å². The second-order valence-electron chi connectivity index (χ2n) is 7.73. The average molecular weight is 268 g/mol. The van der Waals surface area contributed by atoms with Gasteiger partial charge in [0.05, 0.1) is 0 Å². The maximum Gasteiger partial charge on any atom is 0.00672 e. The van der Waals surface area contributed by atoms with Crippen LogP contribution in [0.4, 0.5) is 0 Å². The summed E-state index contributed by atoms with van der Waals surface area (Å²) < 4.78 is 0. The minimum absolute atomic E-state index is 0.558. The van der Waals surface area contributed by atoms with Gasteiger partial charge in [-0.15, -0.1) is 0 Å². The molecule has 0 radical (unpaired) electrons. The molecule has 0 aromatic rings. The van der Waals surface area contributed by atoms with E-state index < -0.39 is 0 Å². The van der Waals surface area contributed by atoms with E-state index in [4.69, 9.17) is 0 Å². The summed E-state index contributed by atoms with van der Waals surface area (Å²) in [6, 6.07) is 0.808. The minimum atomic E-state index is 0.558. The molecule has 1 nitrogen and oxygen atoms in total. The fraction of sp³-hybridized carbons (Fsp3) is 1.00. The Morgan fingerprint density at radius 2 is 1.68 bits per heavy atom. The highest BCUT2D eigenvalue weighted by molar-refractivity contribution is 4.84. The first-order valence-electron chi connectivity index (χ1n) is 8.69. The van der Waals surface area contributed by atoms with Crippen molar-refractivity contribution in [3.05, 3.63) is 0 Å². The van der Waals surface area contributed by atoms with Crippen molar-refractivity contribution >= 4 is 0 Å². The molecule has 1 rings (SSSR count). The Morgan fingerprint density at radius 1 is 1.05 bits per heavy atom. The van der Waals surface area contributed by atoms with Crippen molar-refractivity contribution in [1.29, 1.82) is 0 Å². The molecule has 0 bridgehead atoms. The molecule has 1 N–H and O–H groups in total. The Hall–Kier alpha value is -0.0400. The smallest absolute Gasteiger partial charge is 0.00672 e. The summed E-state index contributed by atoms with van der Waals surface area (Å²) in [6.45, 7) is 13.1. The number of hydrogen-bond acceptors (Lipinski definition) is 1. The maximum absolute atomic E-state index is 3.79. The van der Waals surface area contributed by atoms with E-state index in [1.165, 1.54) is 57.9 Å². The molecule has 0 aromatic carbocycles. The molecule has 1 aliphatic carbocycles. The molecule has 0 spiro atoms. The first kappa shape index (κ1) is 17.0. The van der Waals surface area contributed by atoms with Crippen LogP contribution in [0.2, 0.25) is 0 Å². The minimum Gasteiger partial charge on any atom is -0.314 e. The molecular weight excluding hydrogens is 230 g/mol. The molecular formula is C18H37N.